The number of rotatable bonds is 7. The molecule has 0 aliphatic heterocycles. The Labute approximate surface area is 147 Å². The van der Waals surface area contributed by atoms with Crippen LogP contribution in [-0.2, 0) is 25.3 Å². The van der Waals surface area contributed by atoms with Gasteiger partial charge in [-0.1, -0.05) is 56.6 Å². The van der Waals surface area contributed by atoms with Crippen molar-refractivity contribution in [2.24, 2.45) is 7.05 Å². The van der Waals surface area contributed by atoms with E-state index in [9.17, 15) is 9.18 Å². The lowest BCUT2D eigenvalue weighted by molar-refractivity contribution is 0.0974. The Morgan fingerprint density at radius 1 is 1.29 bits per heavy atom. The smallest absolute Gasteiger partial charge is 0.182 e. The highest BCUT2D eigenvalue weighted by atomic mass is 35.5. The summed E-state index contributed by atoms with van der Waals surface area (Å²) in [7, 11) is 1.74. The van der Waals surface area contributed by atoms with Crippen molar-refractivity contribution >= 4 is 17.4 Å². The first-order chi connectivity index (χ1) is 11.3. The Hall–Kier alpha value is -1.68. The van der Waals surface area contributed by atoms with Crippen molar-refractivity contribution in [3.63, 3.8) is 0 Å². The second-order valence-corrected chi connectivity index (χ2v) is 7.10. The highest BCUT2D eigenvalue weighted by Gasteiger charge is 2.21. The van der Waals surface area contributed by atoms with Gasteiger partial charge in [0.1, 0.15) is 5.69 Å². The standard InChI is InChI=1S/C19H24ClFN2O/c1-5-15-17(20)18(23(4)22-15)16(24)11-8-13-6-9-14(10-7-13)19(2,3)12-21/h6-7,9-10H,5,8,11-12H2,1-4H3/i21-1. The van der Waals surface area contributed by atoms with Crippen molar-refractivity contribution in [3.05, 3.63) is 51.8 Å². The van der Waals surface area contributed by atoms with E-state index < -0.39 is 12.1 Å². The van der Waals surface area contributed by atoms with E-state index in [4.69, 9.17) is 11.6 Å². The van der Waals surface area contributed by atoms with E-state index in [0.29, 0.717) is 30.0 Å². The van der Waals surface area contributed by atoms with Crippen LogP contribution in [0.1, 0.15) is 54.5 Å². The number of carbonyl (C=O) groups excluding carboxylic acids is 1. The molecule has 0 aliphatic carbocycles. The molecule has 1 aromatic heterocycles. The second-order valence-electron chi connectivity index (χ2n) is 6.72. The largest absolute Gasteiger partial charge is 0.292 e. The van der Waals surface area contributed by atoms with Crippen LogP contribution in [-0.4, -0.2) is 22.2 Å². The van der Waals surface area contributed by atoms with Gasteiger partial charge < -0.3 is 0 Å². The van der Waals surface area contributed by atoms with E-state index in [-0.39, 0.29) is 5.78 Å². The molecule has 0 radical (unpaired) electrons. The predicted molar refractivity (Wildman–Crippen MR) is 95.7 cm³/mol. The van der Waals surface area contributed by atoms with Crippen molar-refractivity contribution in [2.45, 2.75) is 45.4 Å². The number of halogens is 2. The third-order valence-electron chi connectivity index (χ3n) is 4.36. The lowest BCUT2D eigenvalue weighted by atomic mass is 9.85. The average Bonchev–Trinajstić information content (AvgIpc) is 2.87. The number of nitrogens with zero attached hydrogens (tertiary/aromatic N) is 2. The van der Waals surface area contributed by atoms with Crippen LogP contribution in [0.3, 0.4) is 0 Å². The molecule has 0 N–H and O–H groups in total. The fourth-order valence-corrected chi connectivity index (χ4v) is 3.06. The fraction of sp³-hybridized carbons (Fsp3) is 0.474. The minimum atomic E-state index is -0.479. The van der Waals surface area contributed by atoms with Gasteiger partial charge in [0.2, 0.25) is 0 Å². The minimum Gasteiger partial charge on any atom is -0.292 e. The lowest BCUT2D eigenvalue weighted by Gasteiger charge is -2.21. The molecule has 0 amide bonds. The summed E-state index contributed by atoms with van der Waals surface area (Å²) in [6.07, 6.45) is 1.69. The van der Waals surface area contributed by atoms with Gasteiger partial charge in [0, 0.05) is 18.9 Å². The number of hydrogen-bond acceptors (Lipinski definition) is 2. The molecule has 0 fully saturated rings. The lowest BCUT2D eigenvalue weighted by Crippen LogP contribution is -2.19. The minimum absolute atomic E-state index is 0.0112. The third kappa shape index (κ3) is 3.86. The van der Waals surface area contributed by atoms with Crippen LogP contribution in [0.4, 0.5) is 4.39 Å². The van der Waals surface area contributed by atoms with Gasteiger partial charge in [0.15, 0.2) is 5.78 Å². The van der Waals surface area contributed by atoms with Crippen LogP contribution in [0.25, 0.3) is 0 Å². The topological polar surface area (TPSA) is 34.9 Å². The zero-order chi connectivity index (χ0) is 17.9. The quantitative estimate of drug-likeness (QED) is 0.679. The monoisotopic (exact) mass is 349 g/mol. The Morgan fingerprint density at radius 2 is 1.92 bits per heavy atom. The van der Waals surface area contributed by atoms with Crippen molar-refractivity contribution in [2.75, 3.05) is 6.67 Å². The van der Waals surface area contributed by atoms with Crippen LogP contribution >= 0.6 is 11.6 Å². The Balaban J connectivity index is 2.06. The molecule has 1 heterocycles. The molecular formula is C19H24ClFN2O. The maximum Gasteiger partial charge on any atom is 0.182 e. The molecule has 0 saturated heterocycles. The first-order valence-corrected chi connectivity index (χ1v) is 8.58. The van der Waals surface area contributed by atoms with Crippen LogP contribution in [0.15, 0.2) is 24.3 Å². The van der Waals surface area contributed by atoms with Gasteiger partial charge in [-0.15, -0.1) is 0 Å². The van der Waals surface area contributed by atoms with Gasteiger partial charge in [-0.05, 0) is 24.0 Å². The van der Waals surface area contributed by atoms with Gasteiger partial charge in [-0.25, -0.2) is 0 Å². The summed E-state index contributed by atoms with van der Waals surface area (Å²) in [6, 6.07) is 7.79. The van der Waals surface area contributed by atoms with Crippen LogP contribution in [0.2, 0.25) is 5.02 Å². The summed E-state index contributed by atoms with van der Waals surface area (Å²) >= 11 is 6.25. The highest BCUT2D eigenvalue weighted by molar-refractivity contribution is 6.34. The van der Waals surface area contributed by atoms with Gasteiger partial charge in [-0.3, -0.25) is 13.9 Å². The van der Waals surface area contributed by atoms with Crippen molar-refractivity contribution in [1.29, 1.82) is 0 Å². The molecule has 130 valence electrons. The molecule has 3 nitrogen and oxygen atoms in total. The zero-order valence-corrected chi connectivity index (χ0v) is 15.5. The van der Waals surface area contributed by atoms with Gasteiger partial charge >= 0.3 is 0 Å². The molecule has 5 heteroatoms. The number of ketones is 1. The fourth-order valence-electron chi connectivity index (χ4n) is 2.66. The van der Waals surface area contributed by atoms with Gasteiger partial charge in [0.05, 0.1) is 17.4 Å². The second kappa shape index (κ2) is 7.47. The molecule has 0 aliphatic rings. The first kappa shape index (κ1) is 18.7. The highest BCUT2D eigenvalue weighted by Crippen LogP contribution is 2.25. The molecular weight excluding hydrogens is 326 g/mol. The normalized spacial score (nSPS) is 11.8. The molecule has 1 aromatic carbocycles. The molecule has 0 atom stereocenters. The van der Waals surface area contributed by atoms with Crippen LogP contribution in [0, 0.1) is 0 Å². The van der Waals surface area contributed by atoms with E-state index in [1.807, 2.05) is 45.0 Å². The number of carbonyl (C=O) groups is 1. The van der Waals surface area contributed by atoms with Crippen molar-refractivity contribution < 1.29 is 9.18 Å². The van der Waals surface area contributed by atoms with Crippen molar-refractivity contribution in [3.8, 4) is 0 Å². The Bertz CT molecular complexity index is 720. The summed E-state index contributed by atoms with van der Waals surface area (Å²) in [5, 5.41) is 4.74. The van der Waals surface area contributed by atoms with Gasteiger partial charge in [-0.2, -0.15) is 5.10 Å². The van der Waals surface area contributed by atoms with E-state index in [0.717, 1.165) is 16.8 Å². The number of Topliss-reactive ketones (excluding diaryl/α,β-unsaturated/α-hetero) is 1. The molecule has 0 saturated carbocycles. The number of aryl methyl sites for hydroxylation is 3. The SMILES string of the molecule is CCc1nn(C)c(C(=O)CCc2ccc(C(C)(C)C[18F])cc2)c1Cl. The molecule has 0 bridgehead atoms. The predicted octanol–water partition coefficient (Wildman–Crippen LogP) is 4.70. The summed E-state index contributed by atoms with van der Waals surface area (Å²) < 4.78 is 14.6. The van der Waals surface area contributed by atoms with E-state index >= 15 is 0 Å². The maximum absolute atomic E-state index is 13.0. The number of benzene rings is 1. The number of alkyl halides is 1. The molecule has 24 heavy (non-hydrogen) atoms. The molecule has 2 rings (SSSR count). The van der Waals surface area contributed by atoms with E-state index in [1.165, 1.54) is 0 Å². The van der Waals surface area contributed by atoms with Crippen LogP contribution in [0.5, 0.6) is 0 Å². The summed E-state index contributed by atoms with van der Waals surface area (Å²) in [5.74, 6) is -0.0112. The van der Waals surface area contributed by atoms with E-state index in [2.05, 4.69) is 5.10 Å². The Kier molecular flexibility index (Phi) is 5.81. The van der Waals surface area contributed by atoms with Gasteiger partial charge in [0.25, 0.3) is 0 Å². The molecule has 0 spiro atoms. The summed E-state index contributed by atoms with van der Waals surface area (Å²) in [4.78, 5) is 12.5. The van der Waals surface area contributed by atoms with Crippen LogP contribution < -0.4 is 0 Å². The summed E-state index contributed by atoms with van der Waals surface area (Å²) in [5.41, 5.74) is 2.76. The zero-order valence-electron chi connectivity index (χ0n) is 14.7. The number of aromatic nitrogens is 2. The molecule has 0 unspecified atom stereocenters. The number of hydrogen-bond donors (Lipinski definition) is 0. The molecule has 2 aromatic rings. The third-order valence-corrected chi connectivity index (χ3v) is 4.76. The maximum atomic E-state index is 13.0. The first-order valence-electron chi connectivity index (χ1n) is 8.20. The average molecular weight is 350 g/mol. The Morgan fingerprint density at radius 3 is 2.42 bits per heavy atom. The van der Waals surface area contributed by atoms with Crippen molar-refractivity contribution in [1.82, 2.24) is 9.78 Å². The summed E-state index contributed by atoms with van der Waals surface area (Å²) in [6.45, 7) is 5.31. The van der Waals surface area contributed by atoms with E-state index in [1.54, 1.807) is 11.7 Å².